The molecular weight excluding hydrogens is 270 g/mol. The van der Waals surface area contributed by atoms with Crippen LogP contribution in [0.2, 0.25) is 0 Å². The van der Waals surface area contributed by atoms with Crippen molar-refractivity contribution in [2.24, 2.45) is 5.41 Å². The summed E-state index contributed by atoms with van der Waals surface area (Å²) >= 11 is 0. The molecule has 1 saturated heterocycles. The van der Waals surface area contributed by atoms with Gasteiger partial charge in [-0.1, -0.05) is 0 Å². The highest BCUT2D eigenvalue weighted by Gasteiger charge is 2.40. The number of anilines is 1. The molecule has 1 aromatic heterocycles. The Kier molecular flexibility index (Phi) is 4.26. The van der Waals surface area contributed by atoms with Crippen molar-refractivity contribution in [2.75, 3.05) is 25.0 Å². The Bertz CT molecular complexity index is 568. The van der Waals surface area contributed by atoms with Crippen molar-refractivity contribution in [2.45, 2.75) is 13.3 Å². The number of nitrogens with zero attached hydrogens (tertiary/aromatic N) is 2. The number of rotatable bonds is 4. The quantitative estimate of drug-likeness (QED) is 0.812. The molecule has 1 amide bonds. The lowest BCUT2D eigenvalue weighted by molar-refractivity contribution is -0.131. The minimum atomic E-state index is -0.986. The van der Waals surface area contributed by atoms with E-state index in [0.29, 0.717) is 6.54 Å². The van der Waals surface area contributed by atoms with Crippen LogP contribution in [0.25, 0.3) is 6.08 Å². The lowest BCUT2D eigenvalue weighted by Gasteiger charge is -2.23. The zero-order valence-electron chi connectivity index (χ0n) is 12.2. The molecule has 1 unspecified atom stereocenters. The number of hydrogen-bond acceptors (Lipinski definition) is 4. The molecule has 21 heavy (non-hydrogen) atoms. The van der Waals surface area contributed by atoms with Gasteiger partial charge in [-0.3, -0.25) is 4.79 Å². The van der Waals surface area contributed by atoms with Gasteiger partial charge in [0.05, 0.1) is 5.41 Å². The topological polar surface area (TPSA) is 82.5 Å². The van der Waals surface area contributed by atoms with E-state index in [-0.39, 0.29) is 5.91 Å². The summed E-state index contributed by atoms with van der Waals surface area (Å²) in [5, 5.41) is 11.3. The number of carboxylic acid groups (broad SMARTS) is 1. The van der Waals surface area contributed by atoms with Gasteiger partial charge in [0.25, 0.3) is 0 Å². The largest absolute Gasteiger partial charge is 0.478 e. The maximum absolute atomic E-state index is 11.9. The molecule has 6 heteroatoms. The van der Waals surface area contributed by atoms with Crippen molar-refractivity contribution in [3.63, 3.8) is 0 Å². The van der Waals surface area contributed by atoms with Crippen molar-refractivity contribution in [3.8, 4) is 0 Å². The summed E-state index contributed by atoms with van der Waals surface area (Å²) in [6.45, 7) is 3.36. The number of carbonyl (C=O) groups is 2. The van der Waals surface area contributed by atoms with Crippen LogP contribution in [0.5, 0.6) is 0 Å². The van der Waals surface area contributed by atoms with Gasteiger partial charge in [-0.05, 0) is 37.1 Å². The molecule has 0 aromatic carbocycles. The second-order valence-electron chi connectivity index (χ2n) is 5.43. The summed E-state index contributed by atoms with van der Waals surface area (Å²) in [5.41, 5.74) is 0.340. The Balaban J connectivity index is 2.07. The van der Waals surface area contributed by atoms with Crippen LogP contribution in [-0.4, -0.2) is 42.1 Å². The molecule has 1 aromatic rings. The lowest BCUT2D eigenvalue weighted by atomic mass is 9.89. The number of aromatic nitrogens is 1. The highest BCUT2D eigenvalue weighted by atomic mass is 16.4. The van der Waals surface area contributed by atoms with Crippen LogP contribution < -0.4 is 10.2 Å². The van der Waals surface area contributed by atoms with Crippen molar-refractivity contribution >= 4 is 23.8 Å². The standard InChI is InChI=1S/C15H19N3O3/c1-15(14(21)16-2)7-8-18(10-15)12-5-3-11(9-17-12)4-6-13(19)20/h3-6,9H,7-8,10H2,1-2H3,(H,16,21)(H,19,20)/b6-4+. The fraction of sp³-hybridized carbons (Fsp3) is 0.400. The van der Waals surface area contributed by atoms with Gasteiger partial charge < -0.3 is 15.3 Å². The number of carboxylic acids is 1. The fourth-order valence-electron chi connectivity index (χ4n) is 2.49. The summed E-state index contributed by atoms with van der Waals surface area (Å²) in [6, 6.07) is 3.66. The average molecular weight is 289 g/mol. The molecule has 2 rings (SSSR count). The van der Waals surface area contributed by atoms with E-state index >= 15 is 0 Å². The smallest absolute Gasteiger partial charge is 0.328 e. The SMILES string of the molecule is CNC(=O)C1(C)CCN(c2ccc(/C=C/C(=O)O)cn2)C1. The zero-order valence-corrected chi connectivity index (χ0v) is 12.2. The monoisotopic (exact) mass is 289 g/mol. The van der Waals surface area contributed by atoms with E-state index in [4.69, 9.17) is 5.11 Å². The Labute approximate surface area is 123 Å². The molecule has 1 aliphatic heterocycles. The van der Waals surface area contributed by atoms with Gasteiger partial charge in [-0.2, -0.15) is 0 Å². The molecule has 0 spiro atoms. The number of amides is 1. The fourth-order valence-corrected chi connectivity index (χ4v) is 2.49. The highest BCUT2D eigenvalue weighted by molar-refractivity contribution is 5.85. The average Bonchev–Trinajstić information content (AvgIpc) is 2.88. The van der Waals surface area contributed by atoms with Crippen LogP contribution in [-0.2, 0) is 9.59 Å². The molecule has 2 N–H and O–H groups in total. The molecule has 112 valence electrons. The molecular formula is C15H19N3O3. The minimum absolute atomic E-state index is 0.0472. The summed E-state index contributed by atoms with van der Waals surface area (Å²) < 4.78 is 0. The van der Waals surface area contributed by atoms with E-state index in [1.54, 1.807) is 13.2 Å². The Hall–Kier alpha value is -2.37. The molecule has 0 bridgehead atoms. The Morgan fingerprint density at radius 3 is 2.81 bits per heavy atom. The van der Waals surface area contributed by atoms with Crippen LogP contribution >= 0.6 is 0 Å². The first-order chi connectivity index (χ1) is 9.94. The van der Waals surface area contributed by atoms with Crippen LogP contribution in [0.4, 0.5) is 5.82 Å². The second-order valence-corrected chi connectivity index (χ2v) is 5.43. The summed E-state index contributed by atoms with van der Waals surface area (Å²) in [7, 11) is 1.65. The first-order valence-corrected chi connectivity index (χ1v) is 6.79. The van der Waals surface area contributed by atoms with Crippen molar-refractivity contribution in [3.05, 3.63) is 30.0 Å². The maximum Gasteiger partial charge on any atom is 0.328 e. The number of nitrogens with one attached hydrogen (secondary N) is 1. The van der Waals surface area contributed by atoms with Crippen molar-refractivity contribution in [1.29, 1.82) is 0 Å². The predicted octanol–water partition coefficient (Wildman–Crippen LogP) is 1.14. The van der Waals surface area contributed by atoms with E-state index in [9.17, 15) is 9.59 Å². The first-order valence-electron chi connectivity index (χ1n) is 6.79. The van der Waals surface area contributed by atoms with Crippen molar-refractivity contribution in [1.82, 2.24) is 10.3 Å². The van der Waals surface area contributed by atoms with E-state index in [1.165, 1.54) is 6.08 Å². The molecule has 1 aliphatic rings. The van der Waals surface area contributed by atoms with E-state index in [0.717, 1.165) is 30.4 Å². The van der Waals surface area contributed by atoms with E-state index < -0.39 is 11.4 Å². The second kappa shape index (κ2) is 5.95. The molecule has 0 radical (unpaired) electrons. The van der Waals surface area contributed by atoms with Crippen LogP contribution in [0.3, 0.4) is 0 Å². The first kappa shape index (κ1) is 15.0. The van der Waals surface area contributed by atoms with Gasteiger partial charge in [0.15, 0.2) is 0 Å². The number of carbonyl (C=O) groups excluding carboxylic acids is 1. The molecule has 1 atom stereocenters. The Morgan fingerprint density at radius 1 is 1.48 bits per heavy atom. The number of aliphatic carboxylic acids is 1. The maximum atomic E-state index is 11.9. The minimum Gasteiger partial charge on any atom is -0.478 e. The van der Waals surface area contributed by atoms with Crippen molar-refractivity contribution < 1.29 is 14.7 Å². The number of hydrogen-bond donors (Lipinski definition) is 2. The van der Waals surface area contributed by atoms with E-state index in [1.807, 2.05) is 19.1 Å². The van der Waals surface area contributed by atoms with Crippen LogP contribution in [0.1, 0.15) is 18.9 Å². The molecule has 2 heterocycles. The summed E-state index contributed by atoms with van der Waals surface area (Å²) in [5.74, 6) is -0.138. The normalized spacial score (nSPS) is 21.7. The third-order valence-electron chi connectivity index (χ3n) is 3.76. The van der Waals surface area contributed by atoms with Gasteiger partial charge in [0, 0.05) is 32.4 Å². The number of pyridine rings is 1. The summed E-state index contributed by atoms with van der Waals surface area (Å²) in [4.78, 5) is 28.8. The zero-order chi connectivity index (χ0) is 15.5. The lowest BCUT2D eigenvalue weighted by Crippen LogP contribution is -2.39. The molecule has 1 fully saturated rings. The molecule has 0 aliphatic carbocycles. The highest BCUT2D eigenvalue weighted by Crippen LogP contribution is 2.32. The van der Waals surface area contributed by atoms with Crippen LogP contribution in [0, 0.1) is 5.41 Å². The van der Waals surface area contributed by atoms with Gasteiger partial charge >= 0.3 is 5.97 Å². The third kappa shape index (κ3) is 3.39. The summed E-state index contributed by atoms with van der Waals surface area (Å²) in [6.07, 6.45) is 4.99. The van der Waals surface area contributed by atoms with Gasteiger partial charge in [0.2, 0.25) is 5.91 Å². The van der Waals surface area contributed by atoms with E-state index in [2.05, 4.69) is 15.2 Å². The van der Waals surface area contributed by atoms with Gasteiger partial charge in [0.1, 0.15) is 5.82 Å². The predicted molar refractivity (Wildman–Crippen MR) is 79.9 cm³/mol. The van der Waals surface area contributed by atoms with Gasteiger partial charge in [-0.25, -0.2) is 9.78 Å². The van der Waals surface area contributed by atoms with Crippen LogP contribution in [0.15, 0.2) is 24.4 Å². The molecule has 6 nitrogen and oxygen atoms in total. The Morgan fingerprint density at radius 2 is 2.24 bits per heavy atom. The van der Waals surface area contributed by atoms with Gasteiger partial charge in [-0.15, -0.1) is 0 Å². The third-order valence-corrected chi connectivity index (χ3v) is 3.76. The molecule has 0 saturated carbocycles.